The van der Waals surface area contributed by atoms with Gasteiger partial charge in [0.15, 0.2) is 0 Å². The molecule has 1 spiro atoms. The Bertz CT molecular complexity index is 202. The highest BCUT2D eigenvalue weighted by molar-refractivity contribution is 5.07. The van der Waals surface area contributed by atoms with E-state index < -0.39 is 0 Å². The molecule has 3 unspecified atom stereocenters. The molecule has 3 atom stereocenters. The van der Waals surface area contributed by atoms with Gasteiger partial charge in [0.05, 0.1) is 0 Å². The standard InChI is InChI=1S/C14H27N/c1-3-9-15-11-13-10-14(13)8-6-5-7-12(14)4-2/h12-13,15H,3-11H2,1-2H3. The van der Waals surface area contributed by atoms with E-state index in [0.717, 1.165) is 17.3 Å². The maximum atomic E-state index is 3.61. The van der Waals surface area contributed by atoms with Gasteiger partial charge < -0.3 is 5.32 Å². The molecule has 0 aromatic carbocycles. The van der Waals surface area contributed by atoms with Crippen LogP contribution in [0, 0.1) is 17.3 Å². The SMILES string of the molecule is CCCNCC1CC12CCCCC2CC. The first-order valence-electron chi connectivity index (χ1n) is 7.04. The maximum absolute atomic E-state index is 3.61. The quantitative estimate of drug-likeness (QED) is 0.682. The number of nitrogens with one attached hydrogen (secondary N) is 1. The van der Waals surface area contributed by atoms with Gasteiger partial charge >= 0.3 is 0 Å². The van der Waals surface area contributed by atoms with Crippen molar-refractivity contribution >= 4 is 0 Å². The van der Waals surface area contributed by atoms with Crippen molar-refractivity contribution in [3.8, 4) is 0 Å². The van der Waals surface area contributed by atoms with Crippen molar-refractivity contribution in [2.45, 2.75) is 58.8 Å². The Kier molecular flexibility index (Phi) is 3.71. The molecule has 1 nitrogen and oxygen atoms in total. The zero-order valence-electron chi connectivity index (χ0n) is 10.5. The fourth-order valence-corrected chi connectivity index (χ4v) is 3.88. The minimum atomic E-state index is 0.799. The molecule has 0 heterocycles. The lowest BCUT2D eigenvalue weighted by Gasteiger charge is -2.32. The average molecular weight is 209 g/mol. The van der Waals surface area contributed by atoms with Crippen LogP contribution in [-0.2, 0) is 0 Å². The summed E-state index contributed by atoms with van der Waals surface area (Å²) in [5, 5.41) is 3.61. The van der Waals surface area contributed by atoms with E-state index in [4.69, 9.17) is 0 Å². The van der Waals surface area contributed by atoms with Crippen molar-refractivity contribution in [1.82, 2.24) is 5.32 Å². The van der Waals surface area contributed by atoms with Crippen molar-refractivity contribution in [2.24, 2.45) is 17.3 Å². The van der Waals surface area contributed by atoms with Crippen LogP contribution in [-0.4, -0.2) is 13.1 Å². The molecule has 0 aliphatic heterocycles. The molecule has 2 aliphatic rings. The Morgan fingerprint density at radius 2 is 2.07 bits per heavy atom. The Morgan fingerprint density at radius 1 is 1.20 bits per heavy atom. The summed E-state index contributed by atoms with van der Waals surface area (Å²) >= 11 is 0. The van der Waals surface area contributed by atoms with Gasteiger partial charge in [-0.3, -0.25) is 0 Å². The van der Waals surface area contributed by atoms with Gasteiger partial charge in [-0.2, -0.15) is 0 Å². The molecule has 2 saturated carbocycles. The fraction of sp³-hybridized carbons (Fsp3) is 1.00. The predicted molar refractivity (Wildman–Crippen MR) is 65.9 cm³/mol. The van der Waals surface area contributed by atoms with Gasteiger partial charge in [-0.1, -0.05) is 33.1 Å². The van der Waals surface area contributed by atoms with Crippen molar-refractivity contribution in [1.29, 1.82) is 0 Å². The van der Waals surface area contributed by atoms with Gasteiger partial charge in [0.25, 0.3) is 0 Å². The Balaban J connectivity index is 1.81. The fourth-order valence-electron chi connectivity index (χ4n) is 3.88. The zero-order valence-corrected chi connectivity index (χ0v) is 10.5. The third-order valence-corrected chi connectivity index (χ3v) is 4.85. The highest BCUT2D eigenvalue weighted by Crippen LogP contribution is 2.64. The maximum Gasteiger partial charge on any atom is -0.00149 e. The van der Waals surface area contributed by atoms with E-state index in [0.29, 0.717) is 0 Å². The lowest BCUT2D eigenvalue weighted by molar-refractivity contribution is 0.185. The number of hydrogen-bond acceptors (Lipinski definition) is 1. The molecule has 15 heavy (non-hydrogen) atoms. The smallest absolute Gasteiger partial charge is 0.00149 e. The normalized spacial score (nSPS) is 39.6. The topological polar surface area (TPSA) is 12.0 Å². The average Bonchev–Trinajstić information content (AvgIpc) is 2.93. The molecular weight excluding hydrogens is 182 g/mol. The molecule has 2 fully saturated rings. The molecule has 88 valence electrons. The summed E-state index contributed by atoms with van der Waals surface area (Å²) in [5.41, 5.74) is 0.799. The first-order valence-corrected chi connectivity index (χ1v) is 7.04. The molecule has 0 aromatic heterocycles. The molecule has 2 aliphatic carbocycles. The molecule has 0 bridgehead atoms. The van der Waals surface area contributed by atoms with E-state index in [1.165, 1.54) is 58.0 Å². The van der Waals surface area contributed by atoms with E-state index in [-0.39, 0.29) is 0 Å². The molecule has 0 saturated heterocycles. The Hall–Kier alpha value is -0.0400. The lowest BCUT2D eigenvalue weighted by Crippen LogP contribution is -2.27. The van der Waals surface area contributed by atoms with Gasteiger partial charge in [-0.25, -0.2) is 0 Å². The molecule has 0 aromatic rings. The third-order valence-electron chi connectivity index (χ3n) is 4.85. The Labute approximate surface area is 95.0 Å². The highest BCUT2D eigenvalue weighted by atomic mass is 14.9. The van der Waals surface area contributed by atoms with E-state index >= 15 is 0 Å². The van der Waals surface area contributed by atoms with Crippen LogP contribution in [0.4, 0.5) is 0 Å². The third kappa shape index (κ3) is 2.22. The Morgan fingerprint density at radius 3 is 2.80 bits per heavy atom. The summed E-state index contributed by atoms with van der Waals surface area (Å²) in [7, 11) is 0. The largest absolute Gasteiger partial charge is 0.316 e. The van der Waals surface area contributed by atoms with E-state index in [2.05, 4.69) is 19.2 Å². The van der Waals surface area contributed by atoms with Gasteiger partial charge in [-0.05, 0) is 56.0 Å². The molecule has 0 amide bonds. The van der Waals surface area contributed by atoms with Gasteiger partial charge in [0.1, 0.15) is 0 Å². The van der Waals surface area contributed by atoms with E-state index in [9.17, 15) is 0 Å². The van der Waals surface area contributed by atoms with Crippen LogP contribution in [0.1, 0.15) is 58.8 Å². The first-order chi connectivity index (χ1) is 7.33. The highest BCUT2D eigenvalue weighted by Gasteiger charge is 2.57. The van der Waals surface area contributed by atoms with Gasteiger partial charge in [-0.15, -0.1) is 0 Å². The minimum Gasteiger partial charge on any atom is -0.316 e. The number of hydrogen-bond donors (Lipinski definition) is 1. The van der Waals surface area contributed by atoms with Crippen LogP contribution in [0.2, 0.25) is 0 Å². The van der Waals surface area contributed by atoms with Crippen molar-refractivity contribution in [2.75, 3.05) is 13.1 Å². The molecule has 1 N–H and O–H groups in total. The second-order valence-corrected chi connectivity index (χ2v) is 5.69. The lowest BCUT2D eigenvalue weighted by atomic mass is 9.73. The molecular formula is C14H27N. The van der Waals surface area contributed by atoms with E-state index in [1.807, 2.05) is 0 Å². The van der Waals surface area contributed by atoms with Crippen LogP contribution in [0.15, 0.2) is 0 Å². The minimum absolute atomic E-state index is 0.799. The van der Waals surface area contributed by atoms with Gasteiger partial charge in [0.2, 0.25) is 0 Å². The van der Waals surface area contributed by atoms with Crippen LogP contribution in [0.25, 0.3) is 0 Å². The van der Waals surface area contributed by atoms with Gasteiger partial charge in [0, 0.05) is 0 Å². The van der Waals surface area contributed by atoms with Crippen LogP contribution < -0.4 is 5.32 Å². The molecule has 1 heteroatoms. The number of rotatable bonds is 5. The summed E-state index contributed by atoms with van der Waals surface area (Å²) in [6, 6.07) is 0. The summed E-state index contributed by atoms with van der Waals surface area (Å²) in [6.07, 6.45) is 10.3. The summed E-state index contributed by atoms with van der Waals surface area (Å²) in [4.78, 5) is 0. The van der Waals surface area contributed by atoms with Crippen LogP contribution in [0.5, 0.6) is 0 Å². The summed E-state index contributed by atoms with van der Waals surface area (Å²) in [5.74, 6) is 2.08. The second kappa shape index (κ2) is 4.86. The predicted octanol–water partition coefficient (Wildman–Crippen LogP) is 3.59. The monoisotopic (exact) mass is 209 g/mol. The van der Waals surface area contributed by atoms with Crippen molar-refractivity contribution in [3.63, 3.8) is 0 Å². The van der Waals surface area contributed by atoms with Crippen LogP contribution >= 0.6 is 0 Å². The van der Waals surface area contributed by atoms with Crippen molar-refractivity contribution in [3.05, 3.63) is 0 Å². The molecule has 0 radical (unpaired) electrons. The second-order valence-electron chi connectivity index (χ2n) is 5.69. The summed E-state index contributed by atoms with van der Waals surface area (Å²) in [6.45, 7) is 7.16. The summed E-state index contributed by atoms with van der Waals surface area (Å²) < 4.78 is 0. The van der Waals surface area contributed by atoms with Crippen molar-refractivity contribution < 1.29 is 0 Å². The molecule has 2 rings (SSSR count). The zero-order chi connectivity index (χ0) is 10.7. The van der Waals surface area contributed by atoms with E-state index in [1.54, 1.807) is 0 Å². The van der Waals surface area contributed by atoms with Crippen LogP contribution in [0.3, 0.4) is 0 Å². The first kappa shape index (κ1) is 11.4.